The molecule has 0 bridgehead atoms. The number of ether oxygens (including phenoxy) is 5. The second-order valence-corrected chi connectivity index (χ2v) is 16.2. The minimum Gasteiger partial charge on any atom is -0.462 e. The van der Waals surface area contributed by atoms with Gasteiger partial charge in [0, 0.05) is 25.0 Å². The maximum absolute atomic E-state index is 13.6. The first-order valence-corrected chi connectivity index (χ1v) is 20.1. The van der Waals surface area contributed by atoms with E-state index in [0.29, 0.717) is 24.2 Å². The lowest BCUT2D eigenvalue weighted by Crippen LogP contribution is -2.42. The van der Waals surface area contributed by atoms with Crippen molar-refractivity contribution >= 4 is 5.97 Å². The molecule has 5 aliphatic rings. The summed E-state index contributed by atoms with van der Waals surface area (Å²) in [5.41, 5.74) is 2.52. The second kappa shape index (κ2) is 18.0. The van der Waals surface area contributed by atoms with Gasteiger partial charge in [0.1, 0.15) is 6.10 Å². The molecule has 2 heterocycles. The van der Waals surface area contributed by atoms with Gasteiger partial charge in [-0.25, -0.2) is 0 Å². The van der Waals surface area contributed by atoms with Crippen LogP contribution in [0.25, 0.3) is 0 Å². The van der Waals surface area contributed by atoms with E-state index in [0.717, 1.165) is 90.3 Å². The monoisotopic (exact) mass is 676 g/mol. The van der Waals surface area contributed by atoms with E-state index in [9.17, 15) is 4.79 Å². The van der Waals surface area contributed by atoms with E-state index < -0.39 is 0 Å². The van der Waals surface area contributed by atoms with Crippen molar-refractivity contribution in [1.29, 1.82) is 0 Å². The summed E-state index contributed by atoms with van der Waals surface area (Å²) in [6, 6.07) is 10.8. The lowest BCUT2D eigenvalue weighted by Gasteiger charge is -2.42. The van der Waals surface area contributed by atoms with Gasteiger partial charge >= 0.3 is 5.97 Å². The lowest BCUT2D eigenvalue weighted by molar-refractivity contribution is -0.192. The summed E-state index contributed by atoms with van der Waals surface area (Å²) >= 11 is 0. The Balaban J connectivity index is 1.13. The number of allylic oxidation sites excluding steroid dienone is 1. The first kappa shape index (κ1) is 36.8. The van der Waals surface area contributed by atoms with Crippen LogP contribution >= 0.6 is 0 Å². The fourth-order valence-corrected chi connectivity index (χ4v) is 9.47. The van der Waals surface area contributed by atoms with Gasteiger partial charge in [-0.1, -0.05) is 101 Å². The Hall–Kier alpha value is -1.99. The number of carbonyl (C=O) groups excluding carboxylic acids is 1. The molecule has 0 N–H and O–H groups in total. The van der Waals surface area contributed by atoms with Crippen LogP contribution in [0.3, 0.4) is 0 Å². The van der Waals surface area contributed by atoms with E-state index in [1.54, 1.807) is 0 Å². The molecule has 1 aromatic rings. The summed E-state index contributed by atoms with van der Waals surface area (Å²) in [6.45, 7) is 8.48. The predicted octanol–water partition coefficient (Wildman–Crippen LogP) is 10.00. The Labute approximate surface area is 296 Å². The molecule has 4 fully saturated rings. The van der Waals surface area contributed by atoms with Crippen LogP contribution in [0, 0.1) is 23.7 Å². The van der Waals surface area contributed by atoms with Crippen molar-refractivity contribution in [2.24, 2.45) is 23.7 Å². The van der Waals surface area contributed by atoms with Crippen molar-refractivity contribution in [3.8, 4) is 0 Å². The number of rotatable bonds is 15. The van der Waals surface area contributed by atoms with Crippen molar-refractivity contribution < 1.29 is 28.5 Å². The number of benzene rings is 1. The fourth-order valence-electron chi connectivity index (χ4n) is 9.47. The van der Waals surface area contributed by atoms with Crippen LogP contribution in [-0.4, -0.2) is 50.1 Å². The fraction of sp³-hybridized carbons (Fsp3) is 0.744. The van der Waals surface area contributed by atoms with Gasteiger partial charge < -0.3 is 23.7 Å². The quantitative estimate of drug-likeness (QED) is 0.105. The lowest BCUT2D eigenvalue weighted by atomic mass is 9.66. The highest BCUT2D eigenvalue weighted by Crippen LogP contribution is 2.50. The molecule has 0 spiro atoms. The molecule has 0 aromatic heterocycles. The molecule has 6 nitrogen and oxygen atoms in total. The van der Waals surface area contributed by atoms with Crippen molar-refractivity contribution in [1.82, 2.24) is 0 Å². The molecule has 9 atom stereocenters. The molecule has 0 radical (unpaired) electrons. The topological polar surface area (TPSA) is 63.2 Å². The number of fused-ring (bicyclic) bond motifs is 1. The first-order chi connectivity index (χ1) is 23.9. The third-order valence-electron chi connectivity index (χ3n) is 12.3. The molecule has 2 unspecified atom stereocenters. The average Bonchev–Trinajstić information content (AvgIpc) is 3.65. The predicted molar refractivity (Wildman–Crippen MR) is 194 cm³/mol. The molecular weight excluding hydrogens is 612 g/mol. The second-order valence-electron chi connectivity index (χ2n) is 16.2. The summed E-state index contributed by atoms with van der Waals surface area (Å²) < 4.78 is 31.7. The van der Waals surface area contributed by atoms with Crippen LogP contribution in [0.2, 0.25) is 0 Å². The summed E-state index contributed by atoms with van der Waals surface area (Å²) in [6.07, 6.45) is 24.9. The highest BCUT2D eigenvalue weighted by atomic mass is 16.7. The van der Waals surface area contributed by atoms with Gasteiger partial charge in [-0.05, 0) is 99.9 Å². The maximum atomic E-state index is 13.6. The summed E-state index contributed by atoms with van der Waals surface area (Å²) in [5, 5.41) is 0. The molecule has 6 heteroatoms. The van der Waals surface area contributed by atoms with Crippen molar-refractivity contribution in [2.45, 2.75) is 166 Å². The molecule has 6 rings (SSSR count). The van der Waals surface area contributed by atoms with Gasteiger partial charge in [0.25, 0.3) is 0 Å². The third-order valence-corrected chi connectivity index (χ3v) is 12.3. The average molecular weight is 677 g/mol. The summed E-state index contributed by atoms with van der Waals surface area (Å²) in [5.74, 6) is 1.34. The zero-order chi connectivity index (χ0) is 34.1. The Morgan fingerprint density at radius 2 is 1.65 bits per heavy atom. The van der Waals surface area contributed by atoms with Gasteiger partial charge in [0.2, 0.25) is 0 Å². The van der Waals surface area contributed by atoms with E-state index >= 15 is 0 Å². The third kappa shape index (κ3) is 9.87. The Morgan fingerprint density at radius 3 is 2.39 bits per heavy atom. The van der Waals surface area contributed by atoms with Crippen LogP contribution in [0.4, 0.5) is 0 Å². The number of hydrogen-bond acceptors (Lipinski definition) is 6. The standard InChI is InChI=1S/C43H64O6/c1-4-5-7-18-34(47-41-21-12-14-25-45-41)23-24-35-36-28-31(27-32(36)30-39(35)49-42-22-13-15-26-46-42)29-40(44)48-38-20-11-10-19-37(38)43(2,3)33-16-8-6-9-17-33/h6,8-9,16-17,23-24,28,32,34-39,41-42H,4-5,7,10-15,18-22,25-27,29-30H2,1-3H3/b24-23+/t32-,34-,35+,36-,37-,38-,39+,41?,42?/m0/s1. The molecule has 272 valence electrons. The molecule has 2 aliphatic heterocycles. The van der Waals surface area contributed by atoms with Crippen LogP contribution in [0.15, 0.2) is 54.1 Å². The summed E-state index contributed by atoms with van der Waals surface area (Å²) in [4.78, 5) is 13.6. The zero-order valence-corrected chi connectivity index (χ0v) is 30.7. The van der Waals surface area contributed by atoms with E-state index in [1.165, 1.54) is 36.8 Å². The molecule has 2 saturated heterocycles. The van der Waals surface area contributed by atoms with Gasteiger partial charge in [0.15, 0.2) is 12.6 Å². The minimum atomic E-state index is -0.109. The first-order valence-electron chi connectivity index (χ1n) is 20.1. The SMILES string of the molecule is CCCCC[C@@H](/C=C/[C@@H]1[C@H]2C=C(CC(=O)O[C@H]3CCCC[C@@H]3C(C)(C)c3ccccc3)C[C@H]2C[C@H]1OC1CCCCO1)OC1CCCCO1. The normalized spacial score (nSPS) is 32.9. The Kier molecular flexibility index (Phi) is 13.5. The zero-order valence-electron chi connectivity index (χ0n) is 30.7. The largest absolute Gasteiger partial charge is 0.462 e. The molecule has 49 heavy (non-hydrogen) atoms. The number of esters is 1. The molecule has 0 amide bonds. The van der Waals surface area contributed by atoms with Crippen molar-refractivity contribution in [3.05, 3.63) is 59.7 Å². The van der Waals surface area contributed by atoms with Gasteiger partial charge in [-0.3, -0.25) is 4.79 Å². The molecule has 2 saturated carbocycles. The summed E-state index contributed by atoms with van der Waals surface area (Å²) in [7, 11) is 0. The number of unbranched alkanes of at least 4 members (excludes halogenated alkanes) is 2. The Morgan fingerprint density at radius 1 is 0.918 bits per heavy atom. The van der Waals surface area contributed by atoms with E-state index in [4.69, 9.17) is 23.7 Å². The number of hydrogen-bond donors (Lipinski definition) is 0. The van der Waals surface area contributed by atoms with Crippen LogP contribution in [-0.2, 0) is 33.9 Å². The van der Waals surface area contributed by atoms with Crippen LogP contribution < -0.4 is 0 Å². The smallest absolute Gasteiger partial charge is 0.310 e. The van der Waals surface area contributed by atoms with E-state index in [2.05, 4.69) is 69.3 Å². The van der Waals surface area contributed by atoms with E-state index in [1.807, 2.05) is 0 Å². The van der Waals surface area contributed by atoms with E-state index in [-0.39, 0.29) is 48.2 Å². The van der Waals surface area contributed by atoms with Crippen molar-refractivity contribution in [3.63, 3.8) is 0 Å². The molecule has 3 aliphatic carbocycles. The highest BCUT2D eigenvalue weighted by molar-refractivity contribution is 5.73. The highest BCUT2D eigenvalue weighted by Gasteiger charge is 2.46. The van der Waals surface area contributed by atoms with Crippen LogP contribution in [0.1, 0.15) is 135 Å². The Bertz CT molecular complexity index is 1210. The van der Waals surface area contributed by atoms with Gasteiger partial charge in [-0.15, -0.1) is 0 Å². The molecule has 1 aromatic carbocycles. The van der Waals surface area contributed by atoms with Gasteiger partial charge in [-0.2, -0.15) is 0 Å². The maximum Gasteiger partial charge on any atom is 0.310 e. The minimum absolute atomic E-state index is 0.0281. The van der Waals surface area contributed by atoms with Crippen LogP contribution in [0.5, 0.6) is 0 Å². The van der Waals surface area contributed by atoms with Gasteiger partial charge in [0.05, 0.1) is 18.6 Å². The number of carbonyl (C=O) groups is 1. The molecular formula is C43H64O6. The van der Waals surface area contributed by atoms with Crippen molar-refractivity contribution in [2.75, 3.05) is 13.2 Å².